The van der Waals surface area contributed by atoms with Crippen LogP contribution in [0.5, 0.6) is 0 Å². The van der Waals surface area contributed by atoms with Gasteiger partial charge in [-0.3, -0.25) is 14.9 Å². The van der Waals surface area contributed by atoms with Crippen LogP contribution >= 0.6 is 22.7 Å². The molecule has 1 unspecified atom stereocenters. The highest BCUT2D eigenvalue weighted by Crippen LogP contribution is 2.39. The SMILES string of the molecule is Cn1ccnc1C1(CNC(=O)c2cc3sc4ccccc4c3s2)NC(=O)NC1=O. The first kappa shape index (κ1) is 17.8. The van der Waals surface area contributed by atoms with Crippen molar-refractivity contribution in [1.29, 1.82) is 0 Å². The van der Waals surface area contributed by atoms with Gasteiger partial charge >= 0.3 is 6.03 Å². The Bertz CT molecular complexity index is 1300. The van der Waals surface area contributed by atoms with Gasteiger partial charge in [0.15, 0.2) is 5.54 Å². The molecule has 10 heteroatoms. The standard InChI is InChI=1S/C19H15N5O3S2/c1-24-7-6-20-16(24)19(17(26)22-18(27)23-19)9-21-15(25)13-8-12-14(29-13)10-4-2-3-5-11(10)28-12/h2-8H,9H2,1H3,(H,21,25)(H2,22,23,26,27). The maximum absolute atomic E-state index is 12.8. The van der Waals surface area contributed by atoms with Crippen molar-refractivity contribution in [3.8, 4) is 0 Å². The zero-order valence-electron chi connectivity index (χ0n) is 15.2. The molecule has 5 rings (SSSR count). The van der Waals surface area contributed by atoms with E-state index in [-0.39, 0.29) is 12.5 Å². The number of hydrogen-bond acceptors (Lipinski definition) is 6. The molecule has 3 aromatic heterocycles. The lowest BCUT2D eigenvalue weighted by molar-refractivity contribution is -0.124. The number of nitrogens with zero attached hydrogens (tertiary/aromatic N) is 2. The van der Waals surface area contributed by atoms with Crippen LogP contribution in [0.2, 0.25) is 0 Å². The number of imide groups is 1. The van der Waals surface area contributed by atoms with Crippen molar-refractivity contribution in [1.82, 2.24) is 25.5 Å². The topological polar surface area (TPSA) is 105 Å². The van der Waals surface area contributed by atoms with Gasteiger partial charge in [-0.05, 0) is 12.1 Å². The molecule has 1 aliphatic rings. The largest absolute Gasteiger partial charge is 0.348 e. The van der Waals surface area contributed by atoms with Gasteiger partial charge in [0.1, 0.15) is 5.82 Å². The number of hydrogen-bond donors (Lipinski definition) is 3. The van der Waals surface area contributed by atoms with E-state index >= 15 is 0 Å². The van der Waals surface area contributed by atoms with Gasteiger partial charge < -0.3 is 15.2 Å². The second-order valence-electron chi connectivity index (χ2n) is 6.76. The van der Waals surface area contributed by atoms with Crippen LogP contribution in [0.15, 0.2) is 42.7 Å². The Morgan fingerprint density at radius 1 is 1.24 bits per heavy atom. The van der Waals surface area contributed by atoms with Crippen LogP contribution in [0.3, 0.4) is 0 Å². The molecule has 1 aromatic carbocycles. The zero-order chi connectivity index (χ0) is 20.2. The van der Waals surface area contributed by atoms with Gasteiger partial charge in [-0.25, -0.2) is 9.78 Å². The average Bonchev–Trinajstić information content (AvgIpc) is 3.43. The van der Waals surface area contributed by atoms with Crippen molar-refractivity contribution < 1.29 is 14.4 Å². The van der Waals surface area contributed by atoms with Crippen LogP contribution in [0.1, 0.15) is 15.5 Å². The molecule has 4 amide bonds. The lowest BCUT2D eigenvalue weighted by Crippen LogP contribution is -2.54. The van der Waals surface area contributed by atoms with Gasteiger partial charge in [0.05, 0.1) is 16.1 Å². The summed E-state index contributed by atoms with van der Waals surface area (Å²) in [5.74, 6) is -0.500. The number of benzene rings is 1. The maximum atomic E-state index is 12.8. The van der Waals surface area contributed by atoms with E-state index in [1.165, 1.54) is 22.2 Å². The lowest BCUT2D eigenvalue weighted by atomic mass is 9.98. The zero-order valence-corrected chi connectivity index (χ0v) is 16.8. The van der Waals surface area contributed by atoms with Gasteiger partial charge in [0, 0.05) is 34.2 Å². The number of aromatic nitrogens is 2. The molecule has 0 aliphatic carbocycles. The number of nitrogens with one attached hydrogen (secondary N) is 3. The molecule has 3 N–H and O–H groups in total. The van der Waals surface area contributed by atoms with Gasteiger partial charge in [-0.2, -0.15) is 0 Å². The Kier molecular flexibility index (Phi) is 3.93. The number of imidazole rings is 1. The first-order valence-electron chi connectivity index (χ1n) is 8.78. The number of urea groups is 1. The van der Waals surface area contributed by atoms with Crippen molar-refractivity contribution >= 4 is 60.0 Å². The average molecular weight is 425 g/mol. The second-order valence-corrected chi connectivity index (χ2v) is 8.90. The molecule has 29 heavy (non-hydrogen) atoms. The first-order chi connectivity index (χ1) is 14.0. The van der Waals surface area contributed by atoms with Crippen molar-refractivity contribution in [3.63, 3.8) is 0 Å². The molecular formula is C19H15N5O3S2. The minimum absolute atomic E-state index is 0.111. The van der Waals surface area contributed by atoms with Crippen molar-refractivity contribution in [3.05, 3.63) is 53.4 Å². The summed E-state index contributed by atoms with van der Waals surface area (Å²) in [6.07, 6.45) is 3.21. The molecule has 1 fully saturated rings. The van der Waals surface area contributed by atoms with E-state index < -0.39 is 17.5 Å². The van der Waals surface area contributed by atoms with Gasteiger partial charge in [0.25, 0.3) is 11.8 Å². The molecule has 0 spiro atoms. The molecule has 0 bridgehead atoms. The number of carbonyl (C=O) groups is 3. The molecule has 8 nitrogen and oxygen atoms in total. The normalized spacial score (nSPS) is 18.9. The van der Waals surface area contributed by atoms with Crippen LogP contribution in [0, 0.1) is 0 Å². The summed E-state index contributed by atoms with van der Waals surface area (Å²) < 4.78 is 4.94. The summed E-state index contributed by atoms with van der Waals surface area (Å²) in [6, 6.07) is 9.32. The Labute approximate surface area is 172 Å². The molecule has 0 saturated carbocycles. The fraction of sp³-hybridized carbons (Fsp3) is 0.158. The van der Waals surface area contributed by atoms with Crippen LogP contribution in [-0.2, 0) is 17.4 Å². The van der Waals surface area contributed by atoms with E-state index in [4.69, 9.17) is 0 Å². The Morgan fingerprint density at radius 3 is 2.79 bits per heavy atom. The molecule has 146 valence electrons. The van der Waals surface area contributed by atoms with Crippen LogP contribution < -0.4 is 16.0 Å². The molecule has 4 heterocycles. The summed E-state index contributed by atoms with van der Waals surface area (Å²) in [7, 11) is 1.72. The second kappa shape index (κ2) is 6.39. The number of amides is 4. The third kappa shape index (κ3) is 2.71. The Morgan fingerprint density at radius 2 is 2.07 bits per heavy atom. The van der Waals surface area contributed by atoms with E-state index in [0.717, 1.165) is 14.8 Å². The number of fused-ring (bicyclic) bond motifs is 3. The number of rotatable bonds is 4. The molecule has 1 atom stereocenters. The minimum Gasteiger partial charge on any atom is -0.348 e. The summed E-state index contributed by atoms with van der Waals surface area (Å²) in [4.78, 5) is 41.9. The number of carbonyl (C=O) groups excluding carboxylic acids is 3. The first-order valence-corrected chi connectivity index (χ1v) is 10.4. The fourth-order valence-electron chi connectivity index (χ4n) is 3.54. The summed E-state index contributed by atoms with van der Waals surface area (Å²) >= 11 is 3.05. The Hall–Kier alpha value is -3.24. The predicted octanol–water partition coefficient (Wildman–Crippen LogP) is 2.31. The minimum atomic E-state index is -1.45. The van der Waals surface area contributed by atoms with Gasteiger partial charge in [-0.1, -0.05) is 18.2 Å². The summed E-state index contributed by atoms with van der Waals surface area (Å²) in [5.41, 5.74) is -1.45. The van der Waals surface area contributed by atoms with Gasteiger partial charge in [0.2, 0.25) is 0 Å². The van der Waals surface area contributed by atoms with Crippen LogP contribution in [0.4, 0.5) is 4.79 Å². The third-order valence-corrected chi connectivity index (χ3v) is 7.35. The molecule has 1 saturated heterocycles. The number of thiophene rings is 2. The third-order valence-electron chi connectivity index (χ3n) is 4.93. The van der Waals surface area contributed by atoms with E-state index in [2.05, 4.69) is 27.0 Å². The maximum Gasteiger partial charge on any atom is 0.322 e. The summed E-state index contributed by atoms with van der Waals surface area (Å²) in [5, 5.41) is 8.78. The van der Waals surface area contributed by atoms with E-state index in [1.54, 1.807) is 29.1 Å². The van der Waals surface area contributed by atoms with E-state index in [0.29, 0.717) is 10.7 Å². The van der Waals surface area contributed by atoms with Crippen molar-refractivity contribution in [2.45, 2.75) is 5.54 Å². The summed E-state index contributed by atoms with van der Waals surface area (Å²) in [6.45, 7) is -0.111. The highest BCUT2D eigenvalue weighted by atomic mass is 32.1. The van der Waals surface area contributed by atoms with E-state index in [9.17, 15) is 14.4 Å². The number of aryl methyl sites for hydroxylation is 1. The molecule has 0 radical (unpaired) electrons. The van der Waals surface area contributed by atoms with Crippen molar-refractivity contribution in [2.24, 2.45) is 7.05 Å². The van der Waals surface area contributed by atoms with Crippen molar-refractivity contribution in [2.75, 3.05) is 6.54 Å². The highest BCUT2D eigenvalue weighted by Gasteiger charge is 2.50. The molecule has 1 aliphatic heterocycles. The quantitative estimate of drug-likeness (QED) is 0.436. The van der Waals surface area contributed by atoms with Gasteiger partial charge in [-0.15, -0.1) is 22.7 Å². The Balaban J connectivity index is 1.44. The van der Waals surface area contributed by atoms with Crippen LogP contribution in [0.25, 0.3) is 19.5 Å². The fourth-order valence-corrected chi connectivity index (χ4v) is 5.98. The lowest BCUT2D eigenvalue weighted by Gasteiger charge is -2.25. The van der Waals surface area contributed by atoms with Crippen LogP contribution in [-0.4, -0.2) is 33.9 Å². The monoisotopic (exact) mass is 425 g/mol. The van der Waals surface area contributed by atoms with E-state index in [1.807, 2.05) is 24.3 Å². The molecular weight excluding hydrogens is 410 g/mol. The molecule has 4 aromatic rings. The highest BCUT2D eigenvalue weighted by molar-refractivity contribution is 7.33. The predicted molar refractivity (Wildman–Crippen MR) is 111 cm³/mol. The smallest absolute Gasteiger partial charge is 0.322 e.